The van der Waals surface area contributed by atoms with Crippen LogP contribution in [-0.2, 0) is 5.60 Å². The molecule has 1 N–H and O–H groups in total. The highest BCUT2D eigenvalue weighted by Gasteiger charge is 2.50. The van der Waals surface area contributed by atoms with Gasteiger partial charge in [0.25, 0.3) is 0 Å². The number of likely N-dealkylation sites (tertiary alicyclic amines) is 1. The first-order valence-electron chi connectivity index (χ1n) is 7.63. The Labute approximate surface area is 116 Å². The van der Waals surface area contributed by atoms with Crippen LogP contribution in [0.25, 0.3) is 0 Å². The molecule has 1 saturated heterocycles. The lowest BCUT2D eigenvalue weighted by Crippen LogP contribution is -2.59. The van der Waals surface area contributed by atoms with Crippen molar-refractivity contribution in [1.29, 1.82) is 0 Å². The molecule has 0 spiro atoms. The molecule has 104 valence electrons. The van der Waals surface area contributed by atoms with E-state index in [4.69, 9.17) is 0 Å². The van der Waals surface area contributed by atoms with Gasteiger partial charge in [0.1, 0.15) is 0 Å². The molecule has 0 radical (unpaired) electrons. The Kier molecular flexibility index (Phi) is 3.40. The molecule has 1 heterocycles. The molecule has 4 unspecified atom stereocenters. The molecule has 1 saturated carbocycles. The van der Waals surface area contributed by atoms with Crippen LogP contribution in [0.5, 0.6) is 0 Å². The second kappa shape index (κ2) is 4.92. The molecule has 0 aromatic heterocycles. The number of piperidine rings is 1. The number of benzene rings is 1. The molecule has 2 fully saturated rings. The van der Waals surface area contributed by atoms with Gasteiger partial charge in [0.05, 0.1) is 5.60 Å². The number of hydrogen-bond acceptors (Lipinski definition) is 2. The van der Waals surface area contributed by atoms with Crippen molar-refractivity contribution in [3.8, 4) is 0 Å². The molecule has 2 nitrogen and oxygen atoms in total. The maximum Gasteiger partial charge on any atom is 0.0954 e. The Balaban J connectivity index is 1.99. The van der Waals surface area contributed by atoms with Gasteiger partial charge in [-0.05, 0) is 38.8 Å². The van der Waals surface area contributed by atoms with Gasteiger partial charge in [0.15, 0.2) is 0 Å². The summed E-state index contributed by atoms with van der Waals surface area (Å²) in [6.07, 6.45) is 5.82. The summed E-state index contributed by atoms with van der Waals surface area (Å²) in [6.45, 7) is 2.25. The van der Waals surface area contributed by atoms with Gasteiger partial charge in [-0.1, -0.05) is 43.2 Å². The predicted octanol–water partition coefficient (Wildman–Crippen LogP) is 3.16. The third-order valence-corrected chi connectivity index (χ3v) is 5.44. The highest BCUT2D eigenvalue weighted by molar-refractivity contribution is 5.26. The largest absolute Gasteiger partial charge is 0.385 e. The number of nitrogens with zero attached hydrogens (tertiary/aromatic N) is 1. The topological polar surface area (TPSA) is 23.5 Å². The Hall–Kier alpha value is -0.860. The van der Waals surface area contributed by atoms with Crippen LogP contribution in [0.4, 0.5) is 0 Å². The summed E-state index contributed by atoms with van der Waals surface area (Å²) in [5, 5.41) is 11.4. The first-order valence-corrected chi connectivity index (χ1v) is 7.63. The summed E-state index contributed by atoms with van der Waals surface area (Å²) in [7, 11) is 2.23. The van der Waals surface area contributed by atoms with Crippen molar-refractivity contribution in [3.63, 3.8) is 0 Å². The van der Waals surface area contributed by atoms with Crippen LogP contribution in [0.2, 0.25) is 0 Å². The monoisotopic (exact) mass is 259 g/mol. The lowest BCUT2D eigenvalue weighted by molar-refractivity contribution is -0.132. The van der Waals surface area contributed by atoms with Crippen LogP contribution >= 0.6 is 0 Å². The smallest absolute Gasteiger partial charge is 0.0954 e. The fraction of sp³-hybridized carbons (Fsp3) is 0.647. The first-order chi connectivity index (χ1) is 9.13. The van der Waals surface area contributed by atoms with Crippen LogP contribution < -0.4 is 0 Å². The second-order valence-electron chi connectivity index (χ2n) is 6.47. The second-order valence-corrected chi connectivity index (χ2v) is 6.47. The molecule has 3 rings (SSSR count). The van der Waals surface area contributed by atoms with Gasteiger partial charge in [0.2, 0.25) is 0 Å². The zero-order valence-corrected chi connectivity index (χ0v) is 12.0. The number of fused-ring (bicyclic) bond motifs is 1. The summed E-state index contributed by atoms with van der Waals surface area (Å²) in [6, 6.07) is 11.3. The number of aliphatic hydroxyl groups is 1. The van der Waals surface area contributed by atoms with E-state index in [9.17, 15) is 5.11 Å². The van der Waals surface area contributed by atoms with Gasteiger partial charge in [-0.15, -0.1) is 0 Å². The van der Waals surface area contributed by atoms with Crippen LogP contribution in [-0.4, -0.2) is 29.1 Å². The first kappa shape index (κ1) is 13.1. The van der Waals surface area contributed by atoms with Crippen molar-refractivity contribution in [3.05, 3.63) is 35.9 Å². The van der Waals surface area contributed by atoms with E-state index in [1.807, 2.05) is 18.2 Å². The third-order valence-electron chi connectivity index (χ3n) is 5.44. The average molecular weight is 259 g/mol. The van der Waals surface area contributed by atoms with Crippen LogP contribution in [0.3, 0.4) is 0 Å². The van der Waals surface area contributed by atoms with E-state index >= 15 is 0 Å². The summed E-state index contributed by atoms with van der Waals surface area (Å²) < 4.78 is 0. The van der Waals surface area contributed by atoms with Gasteiger partial charge in [0, 0.05) is 18.0 Å². The van der Waals surface area contributed by atoms with Gasteiger partial charge < -0.3 is 10.0 Å². The van der Waals surface area contributed by atoms with E-state index in [1.165, 1.54) is 19.3 Å². The molecule has 0 amide bonds. The molecule has 1 aliphatic carbocycles. The van der Waals surface area contributed by atoms with Crippen molar-refractivity contribution in [2.45, 2.75) is 56.7 Å². The summed E-state index contributed by atoms with van der Waals surface area (Å²) in [4.78, 5) is 2.50. The molecule has 4 atom stereocenters. The number of hydrogen-bond donors (Lipinski definition) is 1. The van der Waals surface area contributed by atoms with E-state index in [1.54, 1.807) is 0 Å². The zero-order chi connectivity index (χ0) is 13.5. The molecular weight excluding hydrogens is 234 g/mol. The Morgan fingerprint density at radius 2 is 1.84 bits per heavy atom. The fourth-order valence-electron chi connectivity index (χ4n) is 4.29. The normalized spacial score (nSPS) is 39.8. The lowest BCUT2D eigenvalue weighted by atomic mass is 9.65. The van der Waals surface area contributed by atoms with E-state index in [2.05, 4.69) is 31.0 Å². The third kappa shape index (κ3) is 2.11. The van der Waals surface area contributed by atoms with E-state index < -0.39 is 5.60 Å². The van der Waals surface area contributed by atoms with Crippen molar-refractivity contribution >= 4 is 0 Å². The zero-order valence-electron chi connectivity index (χ0n) is 12.0. The molecule has 0 bridgehead atoms. The lowest BCUT2D eigenvalue weighted by Gasteiger charge is -2.54. The van der Waals surface area contributed by atoms with E-state index in [-0.39, 0.29) is 0 Å². The van der Waals surface area contributed by atoms with Crippen LogP contribution in [0.1, 0.15) is 44.6 Å². The molecule has 2 heteroatoms. The summed E-state index contributed by atoms with van der Waals surface area (Å²) >= 11 is 0. The van der Waals surface area contributed by atoms with E-state index in [0.717, 1.165) is 18.4 Å². The predicted molar refractivity (Wildman–Crippen MR) is 77.9 cm³/mol. The van der Waals surface area contributed by atoms with Crippen molar-refractivity contribution in [1.82, 2.24) is 4.90 Å². The standard InChI is InChI=1S/C17H25NO/c1-13-12-17(19,14-8-4-3-5-9-14)15-10-6-7-11-16(15)18(13)2/h3-5,8-9,13,15-16,19H,6-7,10-12H2,1-2H3. The Morgan fingerprint density at radius 1 is 1.16 bits per heavy atom. The van der Waals surface area contributed by atoms with Crippen LogP contribution in [0, 0.1) is 5.92 Å². The molecule has 1 aliphatic heterocycles. The highest BCUT2D eigenvalue weighted by Crippen LogP contribution is 2.48. The summed E-state index contributed by atoms with van der Waals surface area (Å²) in [5.74, 6) is 0.393. The van der Waals surface area contributed by atoms with Crippen molar-refractivity contribution in [2.75, 3.05) is 7.05 Å². The average Bonchev–Trinajstić information content (AvgIpc) is 2.46. The van der Waals surface area contributed by atoms with Crippen molar-refractivity contribution < 1.29 is 5.11 Å². The summed E-state index contributed by atoms with van der Waals surface area (Å²) in [5.41, 5.74) is 0.491. The van der Waals surface area contributed by atoms with Gasteiger partial charge in [-0.2, -0.15) is 0 Å². The van der Waals surface area contributed by atoms with Crippen LogP contribution in [0.15, 0.2) is 30.3 Å². The highest BCUT2D eigenvalue weighted by atomic mass is 16.3. The van der Waals surface area contributed by atoms with E-state index in [0.29, 0.717) is 18.0 Å². The number of rotatable bonds is 1. The minimum atomic E-state index is -0.627. The Morgan fingerprint density at radius 3 is 2.58 bits per heavy atom. The molecule has 2 aliphatic rings. The quantitative estimate of drug-likeness (QED) is 0.837. The molecule has 1 aromatic carbocycles. The van der Waals surface area contributed by atoms with Gasteiger partial charge in [-0.25, -0.2) is 0 Å². The molecule has 19 heavy (non-hydrogen) atoms. The SMILES string of the molecule is CC1CC(O)(c2ccccc2)C2CCCCC2N1C. The van der Waals surface area contributed by atoms with Crippen molar-refractivity contribution in [2.24, 2.45) is 5.92 Å². The Bertz CT molecular complexity index is 432. The minimum absolute atomic E-state index is 0.393. The maximum atomic E-state index is 11.4. The maximum absolute atomic E-state index is 11.4. The van der Waals surface area contributed by atoms with Gasteiger partial charge in [-0.3, -0.25) is 0 Å². The fourth-order valence-corrected chi connectivity index (χ4v) is 4.29. The molecular formula is C17H25NO. The minimum Gasteiger partial charge on any atom is -0.385 e. The van der Waals surface area contributed by atoms with Gasteiger partial charge >= 0.3 is 0 Å². The molecule has 1 aromatic rings.